The van der Waals surface area contributed by atoms with E-state index in [1.165, 1.54) is 12.1 Å². The third-order valence-corrected chi connectivity index (χ3v) is 5.61. The summed E-state index contributed by atoms with van der Waals surface area (Å²) >= 11 is 0. The second kappa shape index (κ2) is 8.33. The Hall–Kier alpha value is -3.89. The van der Waals surface area contributed by atoms with Crippen molar-refractivity contribution >= 4 is 17.4 Å². The lowest BCUT2D eigenvalue weighted by Gasteiger charge is -2.32. The van der Waals surface area contributed by atoms with Crippen LogP contribution in [0.15, 0.2) is 47.2 Å². The summed E-state index contributed by atoms with van der Waals surface area (Å²) < 4.78 is 20.0. The van der Waals surface area contributed by atoms with Gasteiger partial charge in [0.05, 0.1) is 0 Å². The van der Waals surface area contributed by atoms with Gasteiger partial charge in [-0.2, -0.15) is 9.50 Å². The average Bonchev–Trinajstić information content (AvgIpc) is 3.49. The van der Waals surface area contributed by atoms with Crippen LogP contribution in [-0.4, -0.2) is 48.9 Å². The number of nitrogens with one attached hydrogen (secondary N) is 1. The molecule has 4 aromatic rings. The number of anilines is 1. The monoisotopic (exact) mass is 436 g/mol. The molecule has 0 bridgehead atoms. The van der Waals surface area contributed by atoms with E-state index in [1.807, 2.05) is 12.1 Å². The molecule has 4 heterocycles. The second-order valence-corrected chi connectivity index (χ2v) is 7.78. The number of aromatic nitrogens is 6. The number of carbonyl (C=O) groups is 1. The molecule has 0 saturated carbocycles. The number of hydrogen-bond acceptors (Lipinski definition) is 8. The van der Waals surface area contributed by atoms with Gasteiger partial charge in [0.1, 0.15) is 24.0 Å². The topological polar surface area (TPSA) is 114 Å². The van der Waals surface area contributed by atoms with Crippen molar-refractivity contribution in [3.63, 3.8) is 0 Å². The number of benzene rings is 1. The molecule has 1 aliphatic heterocycles. The highest BCUT2D eigenvalue weighted by Crippen LogP contribution is 2.24. The van der Waals surface area contributed by atoms with Gasteiger partial charge in [-0.1, -0.05) is 5.16 Å². The first-order valence-electron chi connectivity index (χ1n) is 10.4. The Morgan fingerprint density at radius 1 is 1.19 bits per heavy atom. The van der Waals surface area contributed by atoms with Crippen molar-refractivity contribution in [1.29, 1.82) is 0 Å². The molecule has 0 spiro atoms. The SMILES string of the molecule is CC(NC(=O)C1CCN(c2ccc3nncn3n2)CC1)c1nc(-c2ccc(F)cc2)no1. The van der Waals surface area contributed by atoms with E-state index in [2.05, 4.69) is 35.7 Å². The Morgan fingerprint density at radius 3 is 2.75 bits per heavy atom. The molecule has 3 aromatic heterocycles. The lowest BCUT2D eigenvalue weighted by Crippen LogP contribution is -2.41. The van der Waals surface area contributed by atoms with Gasteiger partial charge >= 0.3 is 0 Å². The molecule has 1 aromatic carbocycles. The number of carbonyl (C=O) groups excluding carboxylic acids is 1. The van der Waals surface area contributed by atoms with Gasteiger partial charge in [-0.05, 0) is 56.2 Å². The number of rotatable bonds is 5. The molecule has 11 heteroatoms. The van der Waals surface area contributed by atoms with Crippen molar-refractivity contribution in [3.8, 4) is 11.4 Å². The van der Waals surface area contributed by atoms with Gasteiger partial charge in [-0.3, -0.25) is 4.79 Å². The Morgan fingerprint density at radius 2 is 1.97 bits per heavy atom. The first-order valence-corrected chi connectivity index (χ1v) is 10.4. The predicted molar refractivity (Wildman–Crippen MR) is 112 cm³/mol. The maximum Gasteiger partial charge on any atom is 0.249 e. The average molecular weight is 436 g/mol. The lowest BCUT2D eigenvalue weighted by atomic mass is 9.95. The number of halogens is 1. The summed E-state index contributed by atoms with van der Waals surface area (Å²) in [7, 11) is 0. The van der Waals surface area contributed by atoms with Crippen LogP contribution in [0.1, 0.15) is 31.7 Å². The molecule has 1 amide bonds. The van der Waals surface area contributed by atoms with E-state index in [1.54, 1.807) is 29.9 Å². The van der Waals surface area contributed by atoms with Crippen molar-refractivity contribution in [2.24, 2.45) is 5.92 Å². The molecular formula is C21H21FN8O2. The van der Waals surface area contributed by atoms with Gasteiger partial charge in [-0.15, -0.1) is 15.3 Å². The first kappa shape index (κ1) is 20.0. The Labute approximate surface area is 182 Å². The zero-order valence-electron chi connectivity index (χ0n) is 17.3. The molecule has 1 unspecified atom stereocenters. The van der Waals surface area contributed by atoms with Crippen LogP contribution in [0.25, 0.3) is 17.0 Å². The van der Waals surface area contributed by atoms with E-state index in [0.29, 0.717) is 35.8 Å². The molecular weight excluding hydrogens is 415 g/mol. The summed E-state index contributed by atoms with van der Waals surface area (Å²) in [5.74, 6) is 1.02. The van der Waals surface area contributed by atoms with Crippen LogP contribution in [0.5, 0.6) is 0 Å². The predicted octanol–water partition coefficient (Wildman–Crippen LogP) is 2.41. The highest BCUT2D eigenvalue weighted by atomic mass is 19.1. The Kier molecular flexibility index (Phi) is 5.21. The minimum Gasteiger partial charge on any atom is -0.355 e. The van der Waals surface area contributed by atoms with E-state index in [9.17, 15) is 9.18 Å². The Balaban J connectivity index is 1.17. The smallest absolute Gasteiger partial charge is 0.249 e. The number of nitrogens with zero attached hydrogens (tertiary/aromatic N) is 7. The minimum absolute atomic E-state index is 0.0408. The maximum atomic E-state index is 13.1. The normalized spacial score (nSPS) is 15.8. The maximum absolute atomic E-state index is 13.1. The standard InChI is InChI=1S/C21H21FN8O2/c1-13(21-25-19(28-32-21)14-2-4-16(22)5-3-14)24-20(31)15-8-10-29(11-9-15)18-7-6-17-26-23-12-30(17)27-18/h2-7,12-13,15H,8-11H2,1H3,(H,24,31). The van der Waals surface area contributed by atoms with Gasteiger partial charge in [0.25, 0.3) is 0 Å². The molecule has 32 heavy (non-hydrogen) atoms. The number of fused-ring (bicyclic) bond motifs is 1. The highest BCUT2D eigenvalue weighted by molar-refractivity contribution is 5.79. The first-order chi connectivity index (χ1) is 15.6. The fourth-order valence-corrected chi connectivity index (χ4v) is 3.78. The largest absolute Gasteiger partial charge is 0.355 e. The number of amides is 1. The van der Waals surface area contributed by atoms with Gasteiger partial charge < -0.3 is 14.7 Å². The quantitative estimate of drug-likeness (QED) is 0.507. The van der Waals surface area contributed by atoms with E-state index >= 15 is 0 Å². The number of piperidine rings is 1. The van der Waals surface area contributed by atoms with Crippen LogP contribution in [0.4, 0.5) is 10.2 Å². The summed E-state index contributed by atoms with van der Waals surface area (Å²) in [6, 6.07) is 9.20. The van der Waals surface area contributed by atoms with E-state index in [0.717, 1.165) is 18.9 Å². The minimum atomic E-state index is -0.431. The van der Waals surface area contributed by atoms with Crippen LogP contribution in [0.3, 0.4) is 0 Å². The number of hydrogen-bond donors (Lipinski definition) is 1. The van der Waals surface area contributed by atoms with Crippen LogP contribution in [0, 0.1) is 11.7 Å². The van der Waals surface area contributed by atoms with Crippen molar-refractivity contribution in [2.45, 2.75) is 25.8 Å². The fourth-order valence-electron chi connectivity index (χ4n) is 3.78. The Bertz CT molecular complexity index is 1230. The molecule has 10 nitrogen and oxygen atoms in total. The van der Waals surface area contributed by atoms with Crippen molar-refractivity contribution in [2.75, 3.05) is 18.0 Å². The van der Waals surface area contributed by atoms with Crippen molar-refractivity contribution < 1.29 is 13.7 Å². The molecule has 0 radical (unpaired) electrons. The summed E-state index contributed by atoms with van der Waals surface area (Å²) in [5, 5.41) is 19.2. The summed E-state index contributed by atoms with van der Waals surface area (Å²) in [6.45, 7) is 3.25. The van der Waals surface area contributed by atoms with E-state index in [-0.39, 0.29) is 17.6 Å². The molecule has 1 fully saturated rings. The third kappa shape index (κ3) is 4.01. The van der Waals surface area contributed by atoms with Crippen LogP contribution >= 0.6 is 0 Å². The highest BCUT2D eigenvalue weighted by Gasteiger charge is 2.28. The zero-order chi connectivity index (χ0) is 22.1. The third-order valence-electron chi connectivity index (χ3n) is 5.61. The molecule has 164 valence electrons. The summed E-state index contributed by atoms with van der Waals surface area (Å²) in [4.78, 5) is 19.3. The molecule has 1 atom stereocenters. The van der Waals surface area contributed by atoms with Crippen LogP contribution in [-0.2, 0) is 4.79 Å². The molecule has 1 saturated heterocycles. The summed E-state index contributed by atoms with van der Waals surface area (Å²) in [6.07, 6.45) is 3.00. The lowest BCUT2D eigenvalue weighted by molar-refractivity contribution is -0.126. The van der Waals surface area contributed by atoms with Crippen molar-refractivity contribution in [1.82, 2.24) is 35.3 Å². The zero-order valence-corrected chi connectivity index (χ0v) is 17.3. The molecule has 5 rings (SSSR count). The van der Waals surface area contributed by atoms with Crippen molar-refractivity contribution in [3.05, 3.63) is 54.4 Å². The van der Waals surface area contributed by atoms with Gasteiger partial charge in [-0.25, -0.2) is 4.39 Å². The van der Waals surface area contributed by atoms with Gasteiger partial charge in [0.15, 0.2) is 5.65 Å². The van der Waals surface area contributed by atoms with Gasteiger partial charge in [0, 0.05) is 24.6 Å². The van der Waals surface area contributed by atoms with E-state index in [4.69, 9.17) is 4.52 Å². The van der Waals surface area contributed by atoms with E-state index < -0.39 is 6.04 Å². The second-order valence-electron chi connectivity index (χ2n) is 7.78. The summed E-state index contributed by atoms with van der Waals surface area (Å²) in [5.41, 5.74) is 1.34. The van der Waals surface area contributed by atoms with Crippen LogP contribution < -0.4 is 10.2 Å². The fraction of sp³-hybridized carbons (Fsp3) is 0.333. The molecule has 1 N–H and O–H groups in total. The molecule has 0 aliphatic carbocycles. The van der Waals surface area contributed by atoms with Crippen LogP contribution in [0.2, 0.25) is 0 Å². The molecule has 1 aliphatic rings. The van der Waals surface area contributed by atoms with Gasteiger partial charge in [0.2, 0.25) is 17.6 Å².